The lowest BCUT2D eigenvalue weighted by molar-refractivity contribution is -0.117. The van der Waals surface area contributed by atoms with Gasteiger partial charge in [0.25, 0.3) is 0 Å². The highest BCUT2D eigenvalue weighted by Crippen LogP contribution is 2.33. The summed E-state index contributed by atoms with van der Waals surface area (Å²) in [7, 11) is -8.12. The number of nitrogens with two attached hydrogens (primary N) is 1. The Bertz CT molecular complexity index is 874. The largest absolute Gasteiger partial charge is 0.367 e. The quantitative estimate of drug-likeness (QED) is 0.494. The van der Waals surface area contributed by atoms with Crippen LogP contribution in [0, 0.1) is 0 Å². The molecule has 142 valence electrons. The predicted molar refractivity (Wildman–Crippen MR) is 96.0 cm³/mol. The molecule has 5 N–H and O–H groups in total. The van der Waals surface area contributed by atoms with Gasteiger partial charge in [0.15, 0.2) is 0 Å². The average Bonchev–Trinajstić information content (AvgIpc) is 2.44. The molecule has 13 heteroatoms. The number of rotatable bonds is 6. The minimum absolute atomic E-state index is 0. The fraction of sp³-hybridized carbons (Fsp3) is 0.417. The first-order valence-corrected chi connectivity index (χ1v) is 10.3. The lowest BCUT2D eigenvalue weighted by Crippen LogP contribution is -2.50. The number of halogens is 2. The standard InChI is InChI=1S/C12H17ClN4O5S2.ClH/c1-2-7(18)5-15-6-12-16-9-3-8(13)10(23(14,19)20)4-11(9)24(21,22)17-12;/h3-4,12,15-17H,2,5-6H2,1H3,(H2,14,19,20);1H. The van der Waals surface area contributed by atoms with Gasteiger partial charge in [-0.2, -0.15) is 4.72 Å². The average molecular weight is 433 g/mol. The Morgan fingerprint density at radius 3 is 2.60 bits per heavy atom. The van der Waals surface area contributed by atoms with E-state index < -0.39 is 31.1 Å². The van der Waals surface area contributed by atoms with Crippen molar-refractivity contribution in [3.8, 4) is 0 Å². The monoisotopic (exact) mass is 432 g/mol. The summed E-state index contributed by atoms with van der Waals surface area (Å²) in [5.74, 6) is -0.00472. The van der Waals surface area contributed by atoms with Gasteiger partial charge in [-0.1, -0.05) is 18.5 Å². The summed E-state index contributed by atoms with van der Waals surface area (Å²) < 4.78 is 49.9. The van der Waals surface area contributed by atoms with Gasteiger partial charge >= 0.3 is 0 Å². The number of primary sulfonamides is 1. The molecule has 1 aliphatic rings. The molecule has 0 amide bonds. The van der Waals surface area contributed by atoms with E-state index in [-0.39, 0.29) is 46.9 Å². The molecule has 0 radical (unpaired) electrons. The minimum atomic E-state index is -4.16. The molecular weight excluding hydrogens is 415 g/mol. The van der Waals surface area contributed by atoms with Crippen LogP contribution in [0.2, 0.25) is 5.02 Å². The van der Waals surface area contributed by atoms with Gasteiger partial charge in [0.1, 0.15) is 21.7 Å². The summed E-state index contributed by atoms with van der Waals surface area (Å²) in [5.41, 5.74) is 0.153. The molecule has 1 aromatic rings. The van der Waals surface area contributed by atoms with Crippen LogP contribution in [-0.2, 0) is 24.8 Å². The number of Topliss-reactive ketones (excluding diaryl/α,β-unsaturated/α-hetero) is 1. The van der Waals surface area contributed by atoms with Crippen molar-refractivity contribution in [2.45, 2.75) is 29.3 Å². The van der Waals surface area contributed by atoms with Crippen molar-refractivity contribution in [1.29, 1.82) is 0 Å². The lowest BCUT2D eigenvalue weighted by Gasteiger charge is -2.28. The van der Waals surface area contributed by atoms with E-state index in [0.29, 0.717) is 6.42 Å². The molecule has 0 spiro atoms. The van der Waals surface area contributed by atoms with E-state index in [0.717, 1.165) is 6.07 Å². The Hall–Kier alpha value is -0.950. The zero-order valence-corrected chi connectivity index (χ0v) is 16.3. The molecular formula is C12H18Cl2N4O5S2. The van der Waals surface area contributed by atoms with Gasteiger partial charge in [-0.3, -0.25) is 4.79 Å². The summed E-state index contributed by atoms with van der Waals surface area (Å²) in [6.07, 6.45) is -0.338. The van der Waals surface area contributed by atoms with Crippen molar-refractivity contribution in [3.63, 3.8) is 0 Å². The predicted octanol–water partition coefficient (Wildman–Crippen LogP) is 0.00780. The summed E-state index contributed by atoms with van der Waals surface area (Å²) in [5, 5.41) is 10.6. The second-order valence-electron chi connectivity index (χ2n) is 5.17. The molecule has 25 heavy (non-hydrogen) atoms. The van der Waals surface area contributed by atoms with Crippen molar-refractivity contribution < 1.29 is 21.6 Å². The number of hydrogen-bond donors (Lipinski definition) is 4. The van der Waals surface area contributed by atoms with E-state index in [1.54, 1.807) is 6.92 Å². The van der Waals surface area contributed by atoms with Crippen molar-refractivity contribution in [2.75, 3.05) is 18.4 Å². The molecule has 1 heterocycles. The van der Waals surface area contributed by atoms with E-state index in [1.165, 1.54) is 6.07 Å². The summed E-state index contributed by atoms with van der Waals surface area (Å²) >= 11 is 5.88. The Morgan fingerprint density at radius 1 is 1.40 bits per heavy atom. The molecule has 0 fully saturated rings. The molecule has 2 rings (SSSR count). The number of carbonyl (C=O) groups is 1. The number of nitrogens with one attached hydrogen (secondary N) is 3. The first kappa shape index (κ1) is 22.1. The van der Waals surface area contributed by atoms with Gasteiger partial charge in [0, 0.05) is 13.0 Å². The van der Waals surface area contributed by atoms with Crippen LogP contribution >= 0.6 is 24.0 Å². The second-order valence-corrected chi connectivity index (χ2v) is 8.78. The summed E-state index contributed by atoms with van der Waals surface area (Å²) in [4.78, 5) is 10.5. The number of ketones is 1. The van der Waals surface area contributed by atoms with E-state index in [2.05, 4.69) is 15.4 Å². The van der Waals surface area contributed by atoms with Crippen molar-refractivity contribution in [2.24, 2.45) is 5.14 Å². The number of carbonyl (C=O) groups excluding carboxylic acids is 1. The van der Waals surface area contributed by atoms with Gasteiger partial charge in [-0.15, -0.1) is 12.4 Å². The molecule has 0 aromatic heterocycles. The Morgan fingerprint density at radius 2 is 2.04 bits per heavy atom. The summed E-state index contributed by atoms with van der Waals surface area (Å²) in [6, 6.07) is 2.10. The fourth-order valence-electron chi connectivity index (χ4n) is 2.13. The second kappa shape index (κ2) is 8.16. The van der Waals surface area contributed by atoms with Crippen molar-refractivity contribution >= 4 is 55.5 Å². The Kier molecular flexibility index (Phi) is 7.21. The molecule has 0 saturated carbocycles. The van der Waals surface area contributed by atoms with E-state index >= 15 is 0 Å². The van der Waals surface area contributed by atoms with Crippen LogP contribution in [0.1, 0.15) is 13.3 Å². The maximum Gasteiger partial charge on any atom is 0.244 e. The van der Waals surface area contributed by atoms with E-state index in [1.807, 2.05) is 0 Å². The van der Waals surface area contributed by atoms with Crippen LogP contribution in [0.25, 0.3) is 0 Å². The lowest BCUT2D eigenvalue weighted by atomic mass is 10.3. The highest BCUT2D eigenvalue weighted by molar-refractivity contribution is 7.90. The first-order valence-electron chi connectivity index (χ1n) is 6.92. The number of fused-ring (bicyclic) bond motifs is 1. The molecule has 9 nitrogen and oxygen atoms in total. The third-order valence-corrected chi connectivity index (χ3v) is 6.21. The fourth-order valence-corrected chi connectivity index (χ4v) is 4.63. The molecule has 1 aliphatic heterocycles. The number of benzene rings is 1. The van der Waals surface area contributed by atoms with Gasteiger partial charge in [0.2, 0.25) is 20.0 Å². The minimum Gasteiger partial charge on any atom is -0.367 e. The normalized spacial score (nSPS) is 18.6. The maximum absolute atomic E-state index is 12.3. The summed E-state index contributed by atoms with van der Waals surface area (Å²) in [6.45, 7) is 2.00. The Labute approximate surface area is 157 Å². The van der Waals surface area contributed by atoms with Crippen molar-refractivity contribution in [1.82, 2.24) is 10.0 Å². The molecule has 1 aromatic carbocycles. The topological polar surface area (TPSA) is 147 Å². The third-order valence-electron chi connectivity index (χ3n) is 3.32. The number of sulfonamides is 2. The third kappa shape index (κ3) is 5.26. The van der Waals surface area contributed by atoms with Crippen LogP contribution in [0.4, 0.5) is 5.69 Å². The van der Waals surface area contributed by atoms with Gasteiger partial charge < -0.3 is 10.6 Å². The van der Waals surface area contributed by atoms with Crippen LogP contribution < -0.4 is 20.5 Å². The zero-order valence-electron chi connectivity index (χ0n) is 13.1. The van der Waals surface area contributed by atoms with Gasteiger partial charge in [-0.05, 0) is 12.1 Å². The smallest absolute Gasteiger partial charge is 0.244 e. The van der Waals surface area contributed by atoms with E-state index in [4.69, 9.17) is 16.7 Å². The van der Waals surface area contributed by atoms with Crippen molar-refractivity contribution in [3.05, 3.63) is 17.2 Å². The molecule has 0 saturated heterocycles. The SMILES string of the molecule is CCC(=O)CNCC1Nc2cc(Cl)c(S(N)(=O)=O)cc2S(=O)(=O)N1.Cl. The number of hydrogen-bond acceptors (Lipinski definition) is 7. The number of anilines is 1. The molecule has 0 aliphatic carbocycles. The van der Waals surface area contributed by atoms with Crippen LogP contribution in [0.15, 0.2) is 21.9 Å². The molecule has 1 unspecified atom stereocenters. The Balaban J connectivity index is 0.00000312. The highest BCUT2D eigenvalue weighted by Gasteiger charge is 2.31. The maximum atomic E-state index is 12.3. The van der Waals surface area contributed by atoms with Gasteiger partial charge in [0.05, 0.1) is 17.3 Å². The molecule has 0 bridgehead atoms. The highest BCUT2D eigenvalue weighted by atomic mass is 35.5. The molecule has 1 atom stereocenters. The first-order chi connectivity index (χ1) is 11.0. The van der Waals surface area contributed by atoms with Crippen LogP contribution in [0.3, 0.4) is 0 Å². The van der Waals surface area contributed by atoms with Crippen LogP contribution in [-0.4, -0.2) is 41.9 Å². The van der Waals surface area contributed by atoms with Gasteiger partial charge in [-0.25, -0.2) is 22.0 Å². The van der Waals surface area contributed by atoms with E-state index in [9.17, 15) is 21.6 Å². The van der Waals surface area contributed by atoms with Crippen LogP contribution in [0.5, 0.6) is 0 Å². The zero-order chi connectivity index (χ0) is 18.1.